The van der Waals surface area contributed by atoms with Gasteiger partial charge in [0, 0.05) is 6.04 Å². The number of amides is 1. The predicted molar refractivity (Wildman–Crippen MR) is 79.7 cm³/mol. The molecule has 21 heavy (non-hydrogen) atoms. The van der Waals surface area contributed by atoms with Crippen molar-refractivity contribution in [3.63, 3.8) is 0 Å². The second-order valence-corrected chi connectivity index (χ2v) is 5.76. The molecule has 1 amide bonds. The topological polar surface area (TPSA) is 55.8 Å². The quantitative estimate of drug-likeness (QED) is 0.803. The molecule has 0 N–H and O–H groups in total. The van der Waals surface area contributed by atoms with E-state index in [-0.39, 0.29) is 17.9 Å². The Balaban J connectivity index is 2.50. The molecule has 1 unspecified atom stereocenters. The number of esters is 1. The Morgan fingerprint density at radius 1 is 1.29 bits per heavy atom. The number of carbonyl (C=O) groups is 2. The highest BCUT2D eigenvalue weighted by Gasteiger charge is 2.37. The van der Waals surface area contributed by atoms with E-state index in [0.717, 1.165) is 0 Å². The molecule has 1 aromatic rings. The Labute approximate surface area is 124 Å². The van der Waals surface area contributed by atoms with Gasteiger partial charge in [0.05, 0.1) is 18.4 Å². The zero-order valence-electron chi connectivity index (χ0n) is 13.0. The minimum atomic E-state index is -0.534. The van der Waals surface area contributed by atoms with E-state index in [1.807, 2.05) is 27.7 Å². The predicted octanol–water partition coefficient (Wildman–Crippen LogP) is 2.63. The Morgan fingerprint density at radius 2 is 1.95 bits per heavy atom. The lowest BCUT2D eigenvalue weighted by molar-refractivity contribution is -0.128. The van der Waals surface area contributed by atoms with Crippen LogP contribution >= 0.6 is 0 Å². The molecular formula is C16H21NO4. The van der Waals surface area contributed by atoms with E-state index < -0.39 is 12.1 Å². The number of ether oxygens (including phenoxy) is 2. The summed E-state index contributed by atoms with van der Waals surface area (Å²) in [5.41, 5.74) is 1.11. The highest BCUT2D eigenvalue weighted by Crippen LogP contribution is 2.37. The molecule has 0 bridgehead atoms. The zero-order valence-corrected chi connectivity index (χ0v) is 13.0. The Morgan fingerprint density at radius 3 is 2.48 bits per heavy atom. The second-order valence-electron chi connectivity index (χ2n) is 5.76. The summed E-state index contributed by atoms with van der Waals surface area (Å²) in [4.78, 5) is 25.9. The van der Waals surface area contributed by atoms with Gasteiger partial charge in [-0.05, 0) is 38.0 Å². The van der Waals surface area contributed by atoms with E-state index in [4.69, 9.17) is 9.47 Å². The van der Waals surface area contributed by atoms with Gasteiger partial charge in [0.15, 0.2) is 6.10 Å². The third-order valence-electron chi connectivity index (χ3n) is 3.50. The molecule has 5 nitrogen and oxygen atoms in total. The number of carbonyl (C=O) groups excluding carboxylic acids is 2. The van der Waals surface area contributed by atoms with Gasteiger partial charge in [0.25, 0.3) is 5.91 Å². The fraction of sp³-hybridized carbons (Fsp3) is 0.500. The number of hydrogen-bond acceptors (Lipinski definition) is 4. The maximum Gasteiger partial charge on any atom is 0.337 e. The summed E-state index contributed by atoms with van der Waals surface area (Å²) < 4.78 is 10.5. The first kappa shape index (κ1) is 15.4. The normalized spacial score (nSPS) is 17.8. The van der Waals surface area contributed by atoms with E-state index in [9.17, 15) is 9.59 Å². The lowest BCUT2D eigenvalue weighted by atomic mass is 10.0. The highest BCUT2D eigenvalue weighted by atomic mass is 16.5. The number of fused-ring (bicyclic) bond motifs is 1. The molecule has 0 radical (unpaired) electrons. The van der Waals surface area contributed by atoms with Crippen LogP contribution in [-0.4, -0.2) is 31.1 Å². The maximum absolute atomic E-state index is 12.6. The van der Waals surface area contributed by atoms with Crippen LogP contribution in [0.4, 0.5) is 5.69 Å². The second kappa shape index (κ2) is 5.76. The summed E-state index contributed by atoms with van der Waals surface area (Å²) in [6.07, 6.45) is -0.534. The number of rotatable bonds is 3. The zero-order chi connectivity index (χ0) is 15.7. The molecule has 5 heteroatoms. The fourth-order valence-corrected chi connectivity index (χ4v) is 2.45. The molecule has 0 spiro atoms. The van der Waals surface area contributed by atoms with Crippen LogP contribution in [0, 0.1) is 5.92 Å². The van der Waals surface area contributed by atoms with Gasteiger partial charge in [-0.3, -0.25) is 4.79 Å². The Kier molecular flexibility index (Phi) is 4.21. The summed E-state index contributed by atoms with van der Waals surface area (Å²) >= 11 is 0. The van der Waals surface area contributed by atoms with Crippen LogP contribution in [0.25, 0.3) is 0 Å². The minimum Gasteiger partial charge on any atom is -0.478 e. The van der Waals surface area contributed by atoms with Crippen molar-refractivity contribution in [3.05, 3.63) is 23.8 Å². The van der Waals surface area contributed by atoms with Crippen molar-refractivity contribution in [1.29, 1.82) is 0 Å². The maximum atomic E-state index is 12.6. The minimum absolute atomic E-state index is 0.0189. The summed E-state index contributed by atoms with van der Waals surface area (Å²) in [7, 11) is 1.34. The highest BCUT2D eigenvalue weighted by molar-refractivity contribution is 6.01. The third kappa shape index (κ3) is 2.73. The SMILES string of the molecule is COC(=O)c1ccc2c(c1)OC(C(C)C)C(=O)N2C(C)C. The van der Waals surface area contributed by atoms with Crippen LogP contribution < -0.4 is 9.64 Å². The Hall–Kier alpha value is -2.04. The van der Waals surface area contributed by atoms with Crippen LogP contribution in [-0.2, 0) is 9.53 Å². The molecule has 1 aliphatic rings. The van der Waals surface area contributed by atoms with Crippen LogP contribution in [0.2, 0.25) is 0 Å². The summed E-state index contributed by atoms with van der Waals surface area (Å²) in [5.74, 6) is 0.132. The number of benzene rings is 1. The lowest BCUT2D eigenvalue weighted by Gasteiger charge is -2.38. The van der Waals surface area contributed by atoms with E-state index in [2.05, 4.69) is 0 Å². The summed E-state index contributed by atoms with van der Waals surface area (Å²) in [6.45, 7) is 7.80. The smallest absolute Gasteiger partial charge is 0.337 e. The molecular weight excluding hydrogens is 270 g/mol. The molecule has 0 fully saturated rings. The lowest BCUT2D eigenvalue weighted by Crippen LogP contribution is -2.51. The van der Waals surface area contributed by atoms with Gasteiger partial charge in [0.1, 0.15) is 5.75 Å². The molecule has 0 saturated heterocycles. The van der Waals surface area contributed by atoms with Gasteiger partial charge in [-0.25, -0.2) is 4.79 Å². The molecule has 0 saturated carbocycles. The van der Waals surface area contributed by atoms with Crippen molar-refractivity contribution in [2.75, 3.05) is 12.0 Å². The van der Waals surface area contributed by atoms with Gasteiger partial charge in [-0.15, -0.1) is 0 Å². The molecule has 0 aliphatic carbocycles. The summed E-state index contributed by atoms with van der Waals surface area (Å²) in [5, 5.41) is 0. The van der Waals surface area contributed by atoms with Crippen LogP contribution in [0.15, 0.2) is 18.2 Å². The van der Waals surface area contributed by atoms with Crippen molar-refractivity contribution in [2.45, 2.75) is 39.8 Å². The molecule has 114 valence electrons. The van der Waals surface area contributed by atoms with E-state index in [1.54, 1.807) is 23.1 Å². The first-order chi connectivity index (χ1) is 9.86. The van der Waals surface area contributed by atoms with Crippen molar-refractivity contribution in [2.24, 2.45) is 5.92 Å². The average molecular weight is 291 g/mol. The van der Waals surface area contributed by atoms with Gasteiger partial charge in [0.2, 0.25) is 0 Å². The largest absolute Gasteiger partial charge is 0.478 e. The van der Waals surface area contributed by atoms with E-state index >= 15 is 0 Å². The van der Waals surface area contributed by atoms with E-state index in [1.165, 1.54) is 7.11 Å². The molecule has 0 aromatic heterocycles. The van der Waals surface area contributed by atoms with Gasteiger partial charge >= 0.3 is 5.97 Å². The van der Waals surface area contributed by atoms with Gasteiger partial charge in [-0.2, -0.15) is 0 Å². The van der Waals surface area contributed by atoms with Crippen molar-refractivity contribution in [1.82, 2.24) is 0 Å². The van der Waals surface area contributed by atoms with E-state index in [0.29, 0.717) is 17.0 Å². The van der Waals surface area contributed by atoms with Gasteiger partial charge < -0.3 is 14.4 Å². The molecule has 1 atom stereocenters. The summed E-state index contributed by atoms with van der Waals surface area (Å²) in [6, 6.07) is 5.03. The van der Waals surface area contributed by atoms with Crippen molar-refractivity contribution < 1.29 is 19.1 Å². The molecule has 1 aromatic carbocycles. The molecule has 1 aliphatic heterocycles. The Bertz CT molecular complexity index is 565. The number of nitrogens with zero attached hydrogens (tertiary/aromatic N) is 1. The number of methoxy groups -OCH3 is 1. The first-order valence-corrected chi connectivity index (χ1v) is 7.09. The number of hydrogen-bond donors (Lipinski definition) is 0. The molecule has 1 heterocycles. The van der Waals surface area contributed by atoms with Gasteiger partial charge in [-0.1, -0.05) is 13.8 Å². The standard InChI is InChI=1S/C16H21NO4/c1-9(2)14-15(18)17(10(3)4)12-7-6-11(16(19)20-5)8-13(12)21-14/h6-10,14H,1-5H3. The van der Waals surface area contributed by atoms with Crippen LogP contribution in [0.1, 0.15) is 38.1 Å². The van der Waals surface area contributed by atoms with Crippen LogP contribution in [0.3, 0.4) is 0 Å². The first-order valence-electron chi connectivity index (χ1n) is 7.09. The number of anilines is 1. The monoisotopic (exact) mass is 291 g/mol. The fourth-order valence-electron chi connectivity index (χ4n) is 2.45. The third-order valence-corrected chi connectivity index (χ3v) is 3.50. The average Bonchev–Trinajstić information content (AvgIpc) is 2.44. The van der Waals surface area contributed by atoms with Crippen molar-refractivity contribution >= 4 is 17.6 Å². The molecule has 2 rings (SSSR count). The van der Waals surface area contributed by atoms with Crippen molar-refractivity contribution in [3.8, 4) is 5.75 Å². The van der Waals surface area contributed by atoms with Crippen LogP contribution in [0.5, 0.6) is 5.75 Å².